The van der Waals surface area contributed by atoms with Crippen molar-refractivity contribution in [2.75, 3.05) is 13.2 Å². The monoisotopic (exact) mass is 387 g/mol. The fourth-order valence-corrected chi connectivity index (χ4v) is 2.06. The summed E-state index contributed by atoms with van der Waals surface area (Å²) >= 11 is 0. The maximum absolute atomic E-state index is 11.8. The molecule has 1 aromatic heterocycles. The first-order valence-electron chi connectivity index (χ1n) is 8.06. The van der Waals surface area contributed by atoms with Crippen molar-refractivity contribution in [1.82, 2.24) is 15.7 Å². The number of nitro benzene ring substituents is 1. The molecule has 3 N–H and O–H groups in total. The van der Waals surface area contributed by atoms with Crippen molar-refractivity contribution in [2.24, 2.45) is 5.10 Å². The number of hydrogen-bond acceptors (Lipinski definition) is 8. The first-order chi connectivity index (χ1) is 13.4. The second kappa shape index (κ2) is 9.62. The first-order valence-corrected chi connectivity index (χ1v) is 8.06. The van der Waals surface area contributed by atoms with Crippen LogP contribution in [0.1, 0.15) is 22.8 Å². The molecule has 0 aliphatic rings. The van der Waals surface area contributed by atoms with Crippen LogP contribution in [0.15, 0.2) is 41.8 Å². The number of rotatable bonds is 8. The molecule has 0 fully saturated rings. The van der Waals surface area contributed by atoms with Crippen LogP contribution in [-0.4, -0.2) is 46.2 Å². The zero-order chi connectivity index (χ0) is 20.5. The third kappa shape index (κ3) is 5.49. The van der Waals surface area contributed by atoms with Crippen LogP contribution in [0.4, 0.5) is 5.69 Å². The molecular weight excluding hydrogens is 370 g/mol. The van der Waals surface area contributed by atoms with E-state index in [9.17, 15) is 24.8 Å². The summed E-state index contributed by atoms with van der Waals surface area (Å²) in [7, 11) is 0. The first kappa shape index (κ1) is 20.3. The number of pyridine rings is 1. The molecule has 1 aromatic carbocycles. The summed E-state index contributed by atoms with van der Waals surface area (Å²) in [5.74, 6) is -1.52. The summed E-state index contributed by atoms with van der Waals surface area (Å²) < 4.78 is 5.15. The predicted molar refractivity (Wildman–Crippen MR) is 98.2 cm³/mol. The number of hydrogen-bond donors (Lipinski definition) is 3. The van der Waals surface area contributed by atoms with Crippen LogP contribution in [0, 0.1) is 10.1 Å². The van der Waals surface area contributed by atoms with Gasteiger partial charge in [0.2, 0.25) is 0 Å². The van der Waals surface area contributed by atoms with Crippen molar-refractivity contribution in [3.05, 3.63) is 57.9 Å². The van der Waals surface area contributed by atoms with E-state index in [2.05, 4.69) is 20.8 Å². The van der Waals surface area contributed by atoms with Gasteiger partial charge in [-0.2, -0.15) is 5.10 Å². The van der Waals surface area contributed by atoms with E-state index in [-0.39, 0.29) is 35.9 Å². The maximum atomic E-state index is 11.8. The second-order valence-corrected chi connectivity index (χ2v) is 5.28. The standard InChI is InChI=1S/C17H17N5O6/c1-2-28-14-8-13(22(26)27)7-12(16(14)24)9-20-21-15(23)10-19-17(25)11-3-5-18-6-4-11/h3-9,24H,2,10H2,1H3,(H,19,25)(H,21,23). The summed E-state index contributed by atoms with van der Waals surface area (Å²) in [6.07, 6.45) is 3.93. The zero-order valence-electron chi connectivity index (χ0n) is 14.8. The Morgan fingerprint density at radius 3 is 2.71 bits per heavy atom. The van der Waals surface area contributed by atoms with Crippen molar-refractivity contribution >= 4 is 23.7 Å². The van der Waals surface area contributed by atoms with Crippen LogP contribution in [0.2, 0.25) is 0 Å². The highest BCUT2D eigenvalue weighted by Crippen LogP contribution is 2.33. The third-order valence-electron chi connectivity index (χ3n) is 3.34. The van der Waals surface area contributed by atoms with E-state index in [1.54, 1.807) is 6.92 Å². The van der Waals surface area contributed by atoms with Crippen LogP contribution in [0.5, 0.6) is 11.5 Å². The lowest BCUT2D eigenvalue weighted by Crippen LogP contribution is -2.34. The minimum atomic E-state index is -0.646. The number of non-ortho nitro benzene ring substituents is 1. The smallest absolute Gasteiger partial charge is 0.274 e. The Morgan fingerprint density at radius 2 is 2.07 bits per heavy atom. The molecule has 0 aliphatic carbocycles. The number of phenolic OH excluding ortho intramolecular Hbond substituents is 1. The van der Waals surface area contributed by atoms with Gasteiger partial charge >= 0.3 is 0 Å². The summed E-state index contributed by atoms with van der Waals surface area (Å²) in [6, 6.07) is 5.15. The van der Waals surface area contributed by atoms with Gasteiger partial charge in [0.05, 0.1) is 30.4 Å². The average molecular weight is 387 g/mol. The van der Waals surface area contributed by atoms with Crippen molar-refractivity contribution in [2.45, 2.75) is 6.92 Å². The average Bonchev–Trinajstić information content (AvgIpc) is 2.69. The number of aromatic nitrogens is 1. The minimum absolute atomic E-state index is 0.0150. The van der Waals surface area contributed by atoms with Gasteiger partial charge in [-0.05, 0) is 19.1 Å². The molecule has 11 nitrogen and oxygen atoms in total. The van der Waals surface area contributed by atoms with Gasteiger partial charge in [-0.3, -0.25) is 24.7 Å². The number of aromatic hydroxyl groups is 1. The van der Waals surface area contributed by atoms with Crippen molar-refractivity contribution < 1.29 is 24.4 Å². The van der Waals surface area contributed by atoms with E-state index >= 15 is 0 Å². The number of nitrogens with one attached hydrogen (secondary N) is 2. The Kier molecular flexibility index (Phi) is 6.97. The van der Waals surface area contributed by atoms with E-state index in [1.807, 2.05) is 0 Å². The van der Waals surface area contributed by atoms with Gasteiger partial charge in [-0.1, -0.05) is 0 Å². The van der Waals surface area contributed by atoms with E-state index in [0.29, 0.717) is 5.56 Å². The van der Waals surface area contributed by atoms with E-state index < -0.39 is 16.7 Å². The zero-order valence-corrected chi connectivity index (χ0v) is 14.8. The summed E-state index contributed by atoms with van der Waals surface area (Å²) in [5.41, 5.74) is 2.17. The Balaban J connectivity index is 1.98. The number of ether oxygens (including phenoxy) is 1. The van der Waals surface area contributed by atoms with E-state index in [4.69, 9.17) is 4.74 Å². The summed E-state index contributed by atoms with van der Waals surface area (Å²) in [6.45, 7) is 1.51. The molecule has 11 heteroatoms. The summed E-state index contributed by atoms with van der Waals surface area (Å²) in [5, 5.41) is 27.1. The fourth-order valence-electron chi connectivity index (χ4n) is 2.06. The molecule has 1 heterocycles. The number of carbonyl (C=O) groups excluding carboxylic acids is 2. The topological polar surface area (TPSA) is 156 Å². The maximum Gasteiger partial charge on any atom is 0.274 e. The van der Waals surface area contributed by atoms with Gasteiger partial charge in [0.15, 0.2) is 11.5 Å². The number of benzene rings is 1. The van der Waals surface area contributed by atoms with Crippen LogP contribution in [0.3, 0.4) is 0 Å². The molecule has 2 rings (SSSR count). The molecule has 0 atom stereocenters. The SMILES string of the molecule is CCOc1cc([N+](=O)[O-])cc(C=NNC(=O)CNC(=O)c2ccncc2)c1O. The predicted octanol–water partition coefficient (Wildman–Crippen LogP) is 0.974. The molecule has 28 heavy (non-hydrogen) atoms. The lowest BCUT2D eigenvalue weighted by atomic mass is 10.1. The van der Waals surface area contributed by atoms with Crippen molar-refractivity contribution in [3.8, 4) is 11.5 Å². The lowest BCUT2D eigenvalue weighted by Gasteiger charge is -2.08. The molecule has 0 unspecified atom stereocenters. The Hall–Kier alpha value is -4.02. The van der Waals surface area contributed by atoms with Gasteiger partial charge < -0.3 is 15.2 Å². The Labute approximate surface area is 159 Å². The molecule has 0 bridgehead atoms. The van der Waals surface area contributed by atoms with Crippen LogP contribution in [-0.2, 0) is 4.79 Å². The molecule has 146 valence electrons. The molecule has 2 amide bonds. The highest BCUT2D eigenvalue weighted by molar-refractivity contribution is 5.96. The molecule has 0 radical (unpaired) electrons. The van der Waals surface area contributed by atoms with Gasteiger partial charge in [0, 0.05) is 29.6 Å². The lowest BCUT2D eigenvalue weighted by molar-refractivity contribution is -0.385. The van der Waals surface area contributed by atoms with Gasteiger partial charge in [0.1, 0.15) is 0 Å². The van der Waals surface area contributed by atoms with E-state index in [1.165, 1.54) is 24.5 Å². The number of nitro groups is 1. The van der Waals surface area contributed by atoms with Gasteiger partial charge in [-0.15, -0.1) is 0 Å². The fraction of sp³-hybridized carbons (Fsp3) is 0.176. The van der Waals surface area contributed by atoms with Gasteiger partial charge in [-0.25, -0.2) is 5.43 Å². The largest absolute Gasteiger partial charge is 0.504 e. The van der Waals surface area contributed by atoms with Crippen LogP contribution >= 0.6 is 0 Å². The summed E-state index contributed by atoms with van der Waals surface area (Å²) in [4.78, 5) is 37.7. The number of nitrogens with zero attached hydrogens (tertiary/aromatic N) is 3. The molecular formula is C17H17N5O6. The van der Waals surface area contributed by atoms with Crippen molar-refractivity contribution in [1.29, 1.82) is 0 Å². The van der Waals surface area contributed by atoms with E-state index in [0.717, 1.165) is 18.3 Å². The minimum Gasteiger partial charge on any atom is -0.504 e. The molecule has 0 aliphatic heterocycles. The second-order valence-electron chi connectivity index (χ2n) is 5.28. The van der Waals surface area contributed by atoms with Crippen LogP contribution < -0.4 is 15.5 Å². The number of amides is 2. The number of phenols is 1. The van der Waals surface area contributed by atoms with Gasteiger partial charge in [0.25, 0.3) is 17.5 Å². The molecule has 0 saturated heterocycles. The molecule has 2 aromatic rings. The Morgan fingerprint density at radius 1 is 1.36 bits per heavy atom. The number of hydrazone groups is 1. The molecule has 0 spiro atoms. The normalized spacial score (nSPS) is 10.5. The van der Waals surface area contributed by atoms with Crippen LogP contribution in [0.25, 0.3) is 0 Å². The highest BCUT2D eigenvalue weighted by Gasteiger charge is 2.16. The van der Waals surface area contributed by atoms with Crippen molar-refractivity contribution in [3.63, 3.8) is 0 Å². The number of carbonyl (C=O) groups is 2. The molecule has 0 saturated carbocycles. The third-order valence-corrected chi connectivity index (χ3v) is 3.34. The quantitative estimate of drug-likeness (QED) is 0.346. The Bertz CT molecular complexity index is 900. The highest BCUT2D eigenvalue weighted by atomic mass is 16.6.